The number of rotatable bonds is 2. The summed E-state index contributed by atoms with van der Waals surface area (Å²) in [5.41, 5.74) is -0.679. The van der Waals surface area contributed by atoms with E-state index in [1.807, 2.05) is 0 Å². The maximum atomic E-state index is 11.5. The zero-order valence-corrected chi connectivity index (χ0v) is 8.56. The van der Waals surface area contributed by atoms with Crippen molar-refractivity contribution in [3.05, 3.63) is 34.4 Å². The van der Waals surface area contributed by atoms with Crippen LogP contribution in [-0.4, -0.2) is 17.3 Å². The van der Waals surface area contributed by atoms with Gasteiger partial charge in [-0.1, -0.05) is 0 Å². The molecule has 5 nitrogen and oxygen atoms in total. The van der Waals surface area contributed by atoms with Gasteiger partial charge in [-0.15, -0.1) is 0 Å². The van der Waals surface area contributed by atoms with Crippen molar-refractivity contribution in [2.24, 2.45) is 0 Å². The van der Waals surface area contributed by atoms with E-state index < -0.39 is 5.63 Å². The van der Waals surface area contributed by atoms with E-state index in [-0.39, 0.29) is 23.5 Å². The molecule has 0 spiro atoms. The van der Waals surface area contributed by atoms with E-state index in [4.69, 9.17) is 14.3 Å². The first-order valence-corrected chi connectivity index (χ1v) is 4.60. The Kier molecular flexibility index (Phi) is 2.54. The lowest BCUT2D eigenvalue weighted by Crippen LogP contribution is -2.02. The Morgan fingerprint density at radius 1 is 1.38 bits per heavy atom. The van der Waals surface area contributed by atoms with Crippen LogP contribution in [0.1, 0.15) is 5.76 Å². The summed E-state index contributed by atoms with van der Waals surface area (Å²) in [5, 5.41) is 19.1. The fourth-order valence-electron chi connectivity index (χ4n) is 1.53. The first-order chi connectivity index (χ1) is 7.65. The van der Waals surface area contributed by atoms with E-state index in [1.165, 1.54) is 19.2 Å². The normalized spacial score (nSPS) is 10.6. The van der Waals surface area contributed by atoms with Gasteiger partial charge < -0.3 is 19.4 Å². The lowest BCUT2D eigenvalue weighted by Gasteiger charge is -2.05. The third-order valence-corrected chi connectivity index (χ3v) is 2.26. The van der Waals surface area contributed by atoms with E-state index in [2.05, 4.69) is 0 Å². The Hall–Kier alpha value is -2.01. The molecule has 0 aliphatic heterocycles. The molecule has 2 aromatic rings. The van der Waals surface area contributed by atoms with Gasteiger partial charge in [-0.3, -0.25) is 0 Å². The topological polar surface area (TPSA) is 79.9 Å². The first kappa shape index (κ1) is 10.5. The quantitative estimate of drug-likeness (QED) is 0.792. The molecule has 0 unspecified atom stereocenters. The Morgan fingerprint density at radius 2 is 2.12 bits per heavy atom. The molecule has 0 bridgehead atoms. The smallest absolute Gasteiger partial charge is 0.347 e. The summed E-state index contributed by atoms with van der Waals surface area (Å²) >= 11 is 0. The number of phenolic OH excluding ortho intramolecular Hbond substituents is 1. The summed E-state index contributed by atoms with van der Waals surface area (Å²) in [6.07, 6.45) is 0. The van der Waals surface area contributed by atoms with Crippen LogP contribution in [0.3, 0.4) is 0 Å². The van der Waals surface area contributed by atoms with E-state index in [1.54, 1.807) is 6.07 Å². The maximum absolute atomic E-state index is 11.5. The third-order valence-electron chi connectivity index (χ3n) is 2.26. The van der Waals surface area contributed by atoms with Gasteiger partial charge in [0.15, 0.2) is 0 Å². The average Bonchev–Trinajstić information content (AvgIpc) is 2.27. The lowest BCUT2D eigenvalue weighted by atomic mass is 10.1. The molecule has 2 rings (SSSR count). The van der Waals surface area contributed by atoms with Crippen molar-refractivity contribution >= 4 is 10.8 Å². The monoisotopic (exact) mass is 222 g/mol. The second-order valence-corrected chi connectivity index (χ2v) is 3.27. The summed E-state index contributed by atoms with van der Waals surface area (Å²) in [6.45, 7) is -0.372. The van der Waals surface area contributed by atoms with E-state index >= 15 is 0 Å². The van der Waals surface area contributed by atoms with E-state index in [9.17, 15) is 9.90 Å². The minimum absolute atomic E-state index is 0.0815. The van der Waals surface area contributed by atoms with Gasteiger partial charge in [-0.2, -0.15) is 0 Å². The summed E-state index contributed by atoms with van der Waals surface area (Å²) < 4.78 is 9.75. The number of benzene rings is 1. The van der Waals surface area contributed by atoms with Crippen LogP contribution in [0.15, 0.2) is 27.4 Å². The van der Waals surface area contributed by atoms with Gasteiger partial charge in [-0.05, 0) is 17.5 Å². The highest BCUT2D eigenvalue weighted by Gasteiger charge is 2.10. The number of phenols is 1. The molecule has 0 fully saturated rings. The molecular weight excluding hydrogens is 212 g/mol. The van der Waals surface area contributed by atoms with Crippen molar-refractivity contribution in [2.75, 3.05) is 7.11 Å². The number of fused-ring (bicyclic) bond motifs is 1. The largest absolute Gasteiger partial charge is 0.507 e. The second kappa shape index (κ2) is 3.86. The Bertz CT molecular complexity index is 579. The van der Waals surface area contributed by atoms with Gasteiger partial charge in [0.1, 0.15) is 29.3 Å². The minimum atomic E-state index is -0.679. The van der Waals surface area contributed by atoms with Crippen LogP contribution in [0.25, 0.3) is 10.8 Å². The van der Waals surface area contributed by atoms with Crippen LogP contribution >= 0.6 is 0 Å². The summed E-state index contributed by atoms with van der Waals surface area (Å²) in [7, 11) is 1.46. The Labute approximate surface area is 90.5 Å². The predicted molar refractivity (Wildman–Crippen MR) is 56.6 cm³/mol. The van der Waals surface area contributed by atoms with Gasteiger partial charge in [0.25, 0.3) is 0 Å². The van der Waals surface area contributed by atoms with Crippen LogP contribution in [0.2, 0.25) is 0 Å². The van der Waals surface area contributed by atoms with Crippen LogP contribution in [0, 0.1) is 0 Å². The van der Waals surface area contributed by atoms with Crippen molar-refractivity contribution in [3.8, 4) is 11.5 Å². The van der Waals surface area contributed by atoms with Gasteiger partial charge >= 0.3 is 5.63 Å². The van der Waals surface area contributed by atoms with Crippen LogP contribution in [-0.2, 0) is 6.61 Å². The Morgan fingerprint density at radius 3 is 2.75 bits per heavy atom. The zero-order chi connectivity index (χ0) is 11.7. The molecule has 2 N–H and O–H groups in total. The SMILES string of the molecule is COc1cc(O)c2c(=O)oc(CO)cc2c1. The van der Waals surface area contributed by atoms with Crippen LogP contribution in [0.5, 0.6) is 11.5 Å². The number of aliphatic hydroxyl groups is 1. The highest BCUT2D eigenvalue weighted by atomic mass is 16.5. The van der Waals surface area contributed by atoms with Crippen molar-refractivity contribution < 1.29 is 19.4 Å². The van der Waals surface area contributed by atoms with Crippen molar-refractivity contribution in [3.63, 3.8) is 0 Å². The number of hydrogen-bond donors (Lipinski definition) is 2. The molecule has 1 aromatic heterocycles. The lowest BCUT2D eigenvalue weighted by molar-refractivity contribution is 0.241. The molecule has 0 aliphatic rings. The van der Waals surface area contributed by atoms with Crippen molar-refractivity contribution in [2.45, 2.75) is 6.61 Å². The highest BCUT2D eigenvalue weighted by Crippen LogP contribution is 2.28. The van der Waals surface area contributed by atoms with Crippen LogP contribution < -0.4 is 10.4 Å². The summed E-state index contributed by atoms with van der Waals surface area (Å²) in [5.74, 6) is 0.372. The van der Waals surface area contributed by atoms with Gasteiger partial charge in [0.2, 0.25) is 0 Å². The second-order valence-electron chi connectivity index (χ2n) is 3.27. The van der Waals surface area contributed by atoms with E-state index in [0.29, 0.717) is 11.1 Å². The minimum Gasteiger partial charge on any atom is -0.507 e. The number of ether oxygens (including phenoxy) is 1. The standard InChI is InChI=1S/C11H10O5/c1-15-7-2-6-3-8(5-12)16-11(14)10(6)9(13)4-7/h2-4,12-13H,5H2,1H3. The van der Waals surface area contributed by atoms with Gasteiger partial charge in [0.05, 0.1) is 7.11 Å². The predicted octanol–water partition coefficient (Wildman–Crippen LogP) is 0.999. The number of hydrogen-bond acceptors (Lipinski definition) is 5. The molecule has 0 saturated heterocycles. The molecule has 1 heterocycles. The molecule has 16 heavy (non-hydrogen) atoms. The van der Waals surface area contributed by atoms with E-state index in [0.717, 1.165) is 0 Å². The third kappa shape index (κ3) is 1.61. The van der Waals surface area contributed by atoms with Crippen molar-refractivity contribution in [1.82, 2.24) is 0 Å². The summed E-state index contributed by atoms with van der Waals surface area (Å²) in [6, 6.07) is 4.40. The molecule has 0 aliphatic carbocycles. The molecule has 0 saturated carbocycles. The maximum Gasteiger partial charge on any atom is 0.347 e. The number of methoxy groups -OCH3 is 1. The van der Waals surface area contributed by atoms with Crippen molar-refractivity contribution in [1.29, 1.82) is 0 Å². The van der Waals surface area contributed by atoms with Crippen LogP contribution in [0.4, 0.5) is 0 Å². The molecule has 5 heteroatoms. The number of aromatic hydroxyl groups is 1. The summed E-state index contributed by atoms with van der Waals surface area (Å²) in [4.78, 5) is 11.5. The number of aliphatic hydroxyl groups excluding tert-OH is 1. The Balaban J connectivity index is 2.84. The first-order valence-electron chi connectivity index (χ1n) is 4.60. The fourth-order valence-corrected chi connectivity index (χ4v) is 1.53. The fraction of sp³-hybridized carbons (Fsp3) is 0.182. The zero-order valence-electron chi connectivity index (χ0n) is 8.56. The average molecular weight is 222 g/mol. The van der Waals surface area contributed by atoms with Gasteiger partial charge in [0, 0.05) is 6.07 Å². The molecule has 0 radical (unpaired) electrons. The molecule has 1 aromatic carbocycles. The molecule has 84 valence electrons. The molecular formula is C11H10O5. The van der Waals surface area contributed by atoms with Gasteiger partial charge in [-0.25, -0.2) is 4.79 Å². The molecule has 0 atom stereocenters. The molecule has 0 amide bonds. The highest BCUT2D eigenvalue weighted by molar-refractivity contribution is 5.88.